The van der Waals surface area contributed by atoms with Gasteiger partial charge in [0.2, 0.25) is 20.0 Å². The van der Waals surface area contributed by atoms with Crippen molar-refractivity contribution >= 4 is 36.0 Å². The molecule has 0 spiro atoms. The first-order valence-electron chi connectivity index (χ1n) is 5.50. The fourth-order valence-corrected chi connectivity index (χ4v) is 4.23. The number of halogens is 1. The van der Waals surface area contributed by atoms with Crippen LogP contribution in [0.2, 0.25) is 0 Å². The molecule has 10 heteroatoms. The minimum Gasteiger partial charge on any atom is -0.262 e. The summed E-state index contributed by atoms with van der Waals surface area (Å²) in [5.41, 5.74) is -0.944. The van der Waals surface area contributed by atoms with Gasteiger partial charge in [0.05, 0.1) is 6.26 Å². The minimum absolute atomic E-state index is 0.00188. The molecule has 0 aliphatic carbocycles. The van der Waals surface area contributed by atoms with Crippen LogP contribution in [0.15, 0.2) is 27.8 Å². The van der Waals surface area contributed by atoms with Crippen LogP contribution in [0.25, 0.3) is 0 Å². The number of pyridine rings is 1. The van der Waals surface area contributed by atoms with Crippen LogP contribution < -0.4 is 9.44 Å². The quantitative estimate of drug-likeness (QED) is 0.739. The highest BCUT2D eigenvalue weighted by atomic mass is 79.9. The molecule has 0 fully saturated rings. The second-order valence-electron chi connectivity index (χ2n) is 4.92. The van der Waals surface area contributed by atoms with Crippen molar-refractivity contribution in [3.63, 3.8) is 0 Å². The van der Waals surface area contributed by atoms with Crippen molar-refractivity contribution in [2.45, 2.75) is 24.3 Å². The standard InChI is InChI=1S/C10H16BrN3O4S2/c1-10(2,14-19(3,15)16)7-13-20(17,18)9-4-8(11)5-12-6-9/h4-6,13-14H,7H2,1-3H3. The van der Waals surface area contributed by atoms with Gasteiger partial charge in [-0.05, 0) is 35.8 Å². The zero-order valence-corrected chi connectivity index (χ0v) is 14.4. The molecule has 2 N–H and O–H groups in total. The van der Waals surface area contributed by atoms with Crippen LogP contribution >= 0.6 is 15.9 Å². The number of sulfonamides is 2. The first-order chi connectivity index (χ1) is 8.91. The van der Waals surface area contributed by atoms with Crippen molar-refractivity contribution in [3.8, 4) is 0 Å². The second-order valence-corrected chi connectivity index (χ2v) is 9.35. The molecule has 1 rings (SSSR count). The van der Waals surface area contributed by atoms with Crippen molar-refractivity contribution < 1.29 is 16.8 Å². The monoisotopic (exact) mass is 385 g/mol. The molecule has 1 heterocycles. The van der Waals surface area contributed by atoms with Gasteiger partial charge < -0.3 is 0 Å². The summed E-state index contributed by atoms with van der Waals surface area (Å²) < 4.78 is 51.7. The van der Waals surface area contributed by atoms with Crippen LogP contribution in [0.1, 0.15) is 13.8 Å². The molecule has 0 bridgehead atoms. The molecule has 0 aliphatic heterocycles. The average Bonchev–Trinajstić information content (AvgIpc) is 2.24. The van der Waals surface area contributed by atoms with Gasteiger partial charge in [-0.1, -0.05) is 0 Å². The van der Waals surface area contributed by atoms with Crippen LogP contribution in [0.4, 0.5) is 0 Å². The summed E-state index contributed by atoms with van der Waals surface area (Å²) >= 11 is 3.14. The Bertz CT molecular complexity index is 686. The highest BCUT2D eigenvalue weighted by molar-refractivity contribution is 9.10. The molecule has 0 aromatic carbocycles. The van der Waals surface area contributed by atoms with E-state index in [0.717, 1.165) is 6.26 Å². The number of nitrogens with one attached hydrogen (secondary N) is 2. The van der Waals surface area contributed by atoms with E-state index in [1.807, 2.05) is 0 Å². The predicted octanol–water partition coefficient (Wildman–Crippen LogP) is 0.450. The summed E-state index contributed by atoms with van der Waals surface area (Å²) in [6, 6.07) is 1.41. The number of nitrogens with zero attached hydrogens (tertiary/aromatic N) is 1. The van der Waals surface area contributed by atoms with Crippen molar-refractivity contribution in [1.29, 1.82) is 0 Å². The Kier molecular flexibility index (Phi) is 5.30. The normalized spacial score (nSPS) is 13.4. The molecule has 0 saturated heterocycles. The first kappa shape index (κ1) is 17.5. The summed E-state index contributed by atoms with van der Waals surface area (Å²) in [4.78, 5) is 3.78. The topological polar surface area (TPSA) is 105 Å². The van der Waals surface area contributed by atoms with E-state index in [1.54, 1.807) is 13.8 Å². The Morgan fingerprint density at radius 2 is 1.85 bits per heavy atom. The van der Waals surface area contributed by atoms with Gasteiger partial charge >= 0.3 is 0 Å². The first-order valence-corrected chi connectivity index (χ1v) is 9.67. The fourth-order valence-electron chi connectivity index (χ4n) is 1.44. The largest absolute Gasteiger partial charge is 0.262 e. The predicted molar refractivity (Wildman–Crippen MR) is 79.2 cm³/mol. The Hall–Kier alpha value is -0.550. The molecule has 0 aliphatic rings. The van der Waals surface area contributed by atoms with E-state index in [-0.39, 0.29) is 11.4 Å². The Balaban J connectivity index is 2.83. The lowest BCUT2D eigenvalue weighted by Gasteiger charge is -2.25. The minimum atomic E-state index is -3.75. The molecule has 7 nitrogen and oxygen atoms in total. The molecule has 0 saturated carbocycles. The van der Waals surface area contributed by atoms with E-state index in [2.05, 4.69) is 30.4 Å². The van der Waals surface area contributed by atoms with Crippen LogP contribution in [-0.4, -0.2) is 40.2 Å². The number of hydrogen-bond donors (Lipinski definition) is 2. The van der Waals surface area contributed by atoms with Crippen LogP contribution in [-0.2, 0) is 20.0 Å². The third-order valence-corrected chi connectivity index (χ3v) is 4.88. The smallest absolute Gasteiger partial charge is 0.242 e. The zero-order valence-electron chi connectivity index (χ0n) is 11.2. The molecule has 0 unspecified atom stereocenters. The summed E-state index contributed by atoms with van der Waals surface area (Å²) in [5.74, 6) is 0. The molecule has 1 aromatic rings. The fraction of sp³-hybridized carbons (Fsp3) is 0.500. The molecular formula is C10H16BrN3O4S2. The number of rotatable bonds is 6. The lowest BCUT2D eigenvalue weighted by atomic mass is 10.1. The maximum atomic E-state index is 12.0. The van der Waals surface area contributed by atoms with Gasteiger partial charge in [0.1, 0.15) is 4.90 Å². The highest BCUT2D eigenvalue weighted by Gasteiger charge is 2.25. The van der Waals surface area contributed by atoms with Crippen LogP contribution in [0.3, 0.4) is 0 Å². The van der Waals surface area contributed by atoms with Gasteiger partial charge in [0.15, 0.2) is 0 Å². The Morgan fingerprint density at radius 3 is 2.35 bits per heavy atom. The number of aromatic nitrogens is 1. The lowest BCUT2D eigenvalue weighted by molar-refractivity contribution is 0.446. The number of hydrogen-bond acceptors (Lipinski definition) is 5. The Morgan fingerprint density at radius 1 is 1.25 bits per heavy atom. The molecule has 0 amide bonds. The van der Waals surface area contributed by atoms with Gasteiger partial charge in [-0.25, -0.2) is 26.3 Å². The van der Waals surface area contributed by atoms with E-state index < -0.39 is 25.6 Å². The molecule has 20 heavy (non-hydrogen) atoms. The van der Waals surface area contributed by atoms with Crippen molar-refractivity contribution in [2.24, 2.45) is 0 Å². The molecular weight excluding hydrogens is 370 g/mol. The molecule has 0 atom stereocenters. The van der Waals surface area contributed by atoms with E-state index in [9.17, 15) is 16.8 Å². The Labute approximate surface area is 127 Å². The van der Waals surface area contributed by atoms with E-state index in [1.165, 1.54) is 18.5 Å². The van der Waals surface area contributed by atoms with E-state index >= 15 is 0 Å². The maximum Gasteiger partial charge on any atom is 0.242 e. The summed E-state index contributed by atoms with van der Waals surface area (Å²) in [6.45, 7) is 3.07. The summed E-state index contributed by atoms with van der Waals surface area (Å²) in [6.07, 6.45) is 3.69. The molecule has 1 aromatic heterocycles. The summed E-state index contributed by atoms with van der Waals surface area (Å²) in [7, 11) is -7.17. The van der Waals surface area contributed by atoms with E-state index in [4.69, 9.17) is 0 Å². The van der Waals surface area contributed by atoms with E-state index in [0.29, 0.717) is 4.47 Å². The third-order valence-electron chi connectivity index (χ3n) is 2.16. The highest BCUT2D eigenvalue weighted by Crippen LogP contribution is 2.14. The lowest BCUT2D eigenvalue weighted by Crippen LogP contribution is -2.50. The van der Waals surface area contributed by atoms with Crippen molar-refractivity contribution in [3.05, 3.63) is 22.9 Å². The van der Waals surface area contributed by atoms with Gasteiger partial charge in [0.25, 0.3) is 0 Å². The zero-order chi connectivity index (χ0) is 15.6. The van der Waals surface area contributed by atoms with Gasteiger partial charge in [-0.15, -0.1) is 0 Å². The van der Waals surface area contributed by atoms with Crippen molar-refractivity contribution in [1.82, 2.24) is 14.4 Å². The average molecular weight is 386 g/mol. The van der Waals surface area contributed by atoms with Gasteiger partial charge in [-0.2, -0.15) is 0 Å². The van der Waals surface area contributed by atoms with Gasteiger partial charge in [0, 0.05) is 29.0 Å². The molecule has 114 valence electrons. The van der Waals surface area contributed by atoms with Crippen molar-refractivity contribution in [2.75, 3.05) is 12.8 Å². The van der Waals surface area contributed by atoms with Crippen LogP contribution in [0.5, 0.6) is 0 Å². The van der Waals surface area contributed by atoms with Gasteiger partial charge in [-0.3, -0.25) is 4.98 Å². The molecule has 0 radical (unpaired) electrons. The third kappa shape index (κ3) is 5.83. The van der Waals surface area contributed by atoms with Crippen LogP contribution in [0, 0.1) is 0 Å². The summed E-state index contributed by atoms with van der Waals surface area (Å²) in [5, 5.41) is 0. The SMILES string of the molecule is CC(C)(CNS(=O)(=O)c1cncc(Br)c1)NS(C)(=O)=O. The maximum absolute atomic E-state index is 12.0. The second kappa shape index (κ2) is 6.06.